The van der Waals surface area contributed by atoms with Gasteiger partial charge in [-0.25, -0.2) is 4.79 Å². The van der Waals surface area contributed by atoms with Gasteiger partial charge in [0.1, 0.15) is 48.2 Å². The SMILES string of the molecule is COC1CC(OC2CCC3(C)C(CC(OC(=O)C=Cc4ccccc4)C4(C)C(=O)CCC4C(C)=O)C(=O)C=CC3(O)C2)OC(C)C1OC1CC(O)C(OC2OC(C)C(O)C(OC)C2O)C(C)O1. The minimum Gasteiger partial charge on any atom is -0.458 e. The molecule has 0 radical (unpaired) electrons. The van der Waals surface area contributed by atoms with E-state index in [1.807, 2.05) is 44.2 Å². The summed E-state index contributed by atoms with van der Waals surface area (Å²) < 4.78 is 54.5. The van der Waals surface area contributed by atoms with Crippen LogP contribution in [0.25, 0.3) is 6.08 Å². The third-order valence-electron chi connectivity index (χ3n) is 15.8. The van der Waals surface area contributed by atoms with Crippen LogP contribution in [0.1, 0.15) is 98.5 Å². The lowest BCUT2D eigenvalue weighted by Crippen LogP contribution is -2.61. The van der Waals surface area contributed by atoms with Crippen molar-refractivity contribution < 1.29 is 82.2 Å². The average Bonchev–Trinajstić information content (AvgIpc) is 3.60. The van der Waals surface area contributed by atoms with Crippen molar-refractivity contribution in [2.75, 3.05) is 14.2 Å². The molecule has 20 unspecified atom stereocenters. The van der Waals surface area contributed by atoms with Crippen LogP contribution < -0.4 is 0 Å². The number of ether oxygens (including phenoxy) is 9. The van der Waals surface area contributed by atoms with Gasteiger partial charge in [0.15, 0.2) is 24.7 Å². The van der Waals surface area contributed by atoms with Gasteiger partial charge >= 0.3 is 5.97 Å². The number of Topliss-reactive ketones (excluding diaryl/α,β-unsaturated/α-hetero) is 2. The molecule has 3 saturated heterocycles. The second-order valence-electron chi connectivity index (χ2n) is 19.9. The van der Waals surface area contributed by atoms with E-state index in [1.54, 1.807) is 34.0 Å². The van der Waals surface area contributed by atoms with Gasteiger partial charge < -0.3 is 63.1 Å². The molecule has 17 nitrogen and oxygen atoms in total. The number of rotatable bonds is 15. The number of hydrogen-bond acceptors (Lipinski definition) is 17. The first-order valence-electron chi connectivity index (χ1n) is 23.7. The largest absolute Gasteiger partial charge is 0.458 e. The van der Waals surface area contributed by atoms with Crippen molar-refractivity contribution in [1.29, 1.82) is 0 Å². The number of carbonyl (C=O) groups is 4. The van der Waals surface area contributed by atoms with Crippen LogP contribution in [0.5, 0.6) is 0 Å². The highest BCUT2D eigenvalue weighted by Crippen LogP contribution is 2.57. The summed E-state index contributed by atoms with van der Waals surface area (Å²) in [4.78, 5) is 54.2. The zero-order chi connectivity index (χ0) is 48.6. The number of ketones is 3. The Bertz CT molecular complexity index is 1960. The molecule has 20 atom stereocenters. The lowest BCUT2D eigenvalue weighted by atomic mass is 9.52. The quantitative estimate of drug-likeness (QED) is 0.146. The molecule has 6 aliphatic rings. The summed E-state index contributed by atoms with van der Waals surface area (Å²) in [5.74, 6) is -2.95. The summed E-state index contributed by atoms with van der Waals surface area (Å²) >= 11 is 0. The van der Waals surface area contributed by atoms with Gasteiger partial charge in [0.05, 0.1) is 47.6 Å². The monoisotopic (exact) mass is 942 g/mol. The highest BCUT2D eigenvalue weighted by atomic mass is 16.7. The molecule has 0 spiro atoms. The minimum atomic E-state index is -1.53. The number of aliphatic hydroxyl groups is 4. The van der Waals surface area contributed by atoms with E-state index in [0.29, 0.717) is 19.3 Å². The molecule has 0 bridgehead atoms. The minimum absolute atomic E-state index is 0.0288. The number of methoxy groups -OCH3 is 2. The molecule has 3 heterocycles. The van der Waals surface area contributed by atoms with Gasteiger partial charge in [-0.05, 0) is 84.1 Å². The van der Waals surface area contributed by atoms with Crippen LogP contribution in [-0.4, -0.2) is 156 Å². The Morgan fingerprint density at radius 1 is 0.851 bits per heavy atom. The van der Waals surface area contributed by atoms with Crippen molar-refractivity contribution in [3.8, 4) is 0 Å². The summed E-state index contributed by atoms with van der Waals surface area (Å²) in [6, 6.07) is 9.18. The first-order valence-corrected chi connectivity index (χ1v) is 23.7. The van der Waals surface area contributed by atoms with Crippen molar-refractivity contribution in [3.63, 3.8) is 0 Å². The summed E-state index contributed by atoms with van der Waals surface area (Å²) in [5.41, 5.74) is -3.20. The van der Waals surface area contributed by atoms with Crippen molar-refractivity contribution in [2.24, 2.45) is 22.7 Å². The number of benzene rings is 1. The van der Waals surface area contributed by atoms with E-state index in [-0.39, 0.29) is 49.5 Å². The number of fused-ring (bicyclic) bond motifs is 1. The van der Waals surface area contributed by atoms with Gasteiger partial charge in [-0.3, -0.25) is 14.4 Å². The third-order valence-corrected chi connectivity index (χ3v) is 15.8. The van der Waals surface area contributed by atoms with Gasteiger partial charge in [0.2, 0.25) is 0 Å². The predicted molar refractivity (Wildman–Crippen MR) is 238 cm³/mol. The number of carbonyl (C=O) groups excluding carboxylic acids is 4. The molecule has 17 heteroatoms. The fourth-order valence-electron chi connectivity index (χ4n) is 11.6. The lowest BCUT2D eigenvalue weighted by Gasteiger charge is -2.55. The first-order chi connectivity index (χ1) is 31.7. The molecule has 372 valence electrons. The van der Waals surface area contributed by atoms with E-state index in [1.165, 1.54) is 32.3 Å². The Balaban J connectivity index is 0.986. The summed E-state index contributed by atoms with van der Waals surface area (Å²) in [7, 11) is 2.93. The third kappa shape index (κ3) is 10.4. The van der Waals surface area contributed by atoms with E-state index in [2.05, 4.69) is 0 Å². The molecular formula is C50H70O17. The fraction of sp³-hybridized carbons (Fsp3) is 0.720. The van der Waals surface area contributed by atoms with E-state index in [9.17, 15) is 39.6 Å². The van der Waals surface area contributed by atoms with E-state index >= 15 is 0 Å². The van der Waals surface area contributed by atoms with Gasteiger partial charge in [0, 0.05) is 63.2 Å². The molecule has 4 N–H and O–H groups in total. The molecule has 3 aliphatic heterocycles. The second-order valence-corrected chi connectivity index (χ2v) is 19.9. The van der Waals surface area contributed by atoms with Crippen LogP contribution in [0.3, 0.4) is 0 Å². The Morgan fingerprint density at radius 3 is 2.19 bits per heavy atom. The zero-order valence-corrected chi connectivity index (χ0v) is 39.8. The standard InChI is InChI=1S/C50H70O17/c1-26(51)32-15-16-37(54)49(32,6)38(65-39(55)17-14-30-12-10-9-11-13-30)22-33-34(52)19-21-50(58)25-31(18-20-48(33,50)5)64-41-24-36(59-7)45(29(4)62-41)66-40-23-35(53)44(28(3)61-40)67-47-43(57)46(60-8)42(56)27(2)63-47/h9-14,17,19,21,27-29,31-33,35-36,38,40-47,53,56-58H,15-16,18,20,22-25H2,1-8H3. The van der Waals surface area contributed by atoms with Crippen molar-refractivity contribution in [1.82, 2.24) is 0 Å². The fourth-order valence-corrected chi connectivity index (χ4v) is 11.6. The van der Waals surface area contributed by atoms with Gasteiger partial charge in [-0.2, -0.15) is 0 Å². The van der Waals surface area contributed by atoms with Crippen LogP contribution in [0, 0.1) is 22.7 Å². The highest BCUT2D eigenvalue weighted by Gasteiger charge is 2.62. The van der Waals surface area contributed by atoms with Gasteiger partial charge in [0.25, 0.3) is 0 Å². The van der Waals surface area contributed by atoms with Crippen molar-refractivity contribution >= 4 is 29.4 Å². The summed E-state index contributed by atoms with van der Waals surface area (Å²) in [6.45, 7) is 10.1. The number of allylic oxidation sites excluding steroid dienone is 1. The Kier molecular flexibility index (Phi) is 16.1. The molecule has 5 fully saturated rings. The average molecular weight is 943 g/mol. The van der Waals surface area contributed by atoms with E-state index < -0.39 is 126 Å². The molecule has 3 aliphatic carbocycles. The Morgan fingerprint density at radius 2 is 1.54 bits per heavy atom. The van der Waals surface area contributed by atoms with Crippen LogP contribution >= 0.6 is 0 Å². The first kappa shape index (κ1) is 51.5. The molecule has 7 rings (SSSR count). The number of aliphatic hydroxyl groups excluding tert-OH is 3. The van der Waals surface area contributed by atoms with Crippen LogP contribution in [0.15, 0.2) is 48.6 Å². The van der Waals surface area contributed by atoms with E-state index in [0.717, 1.165) is 5.56 Å². The van der Waals surface area contributed by atoms with E-state index in [4.69, 9.17) is 42.6 Å². The predicted octanol–water partition coefficient (Wildman–Crippen LogP) is 3.54. The Labute approximate surface area is 392 Å². The smallest absolute Gasteiger partial charge is 0.331 e. The van der Waals surface area contributed by atoms with Crippen molar-refractivity contribution in [2.45, 2.75) is 191 Å². The normalized spacial score (nSPS) is 44.1. The Hall–Kier alpha value is -3.30. The maximum atomic E-state index is 14.0. The molecule has 1 aromatic carbocycles. The number of hydrogen-bond donors (Lipinski definition) is 4. The molecule has 2 saturated carbocycles. The molecule has 0 amide bonds. The van der Waals surface area contributed by atoms with Crippen LogP contribution in [-0.2, 0) is 61.8 Å². The van der Waals surface area contributed by atoms with Crippen molar-refractivity contribution in [3.05, 3.63) is 54.1 Å². The second kappa shape index (κ2) is 21.0. The lowest BCUT2D eigenvalue weighted by molar-refractivity contribution is -0.351. The van der Waals surface area contributed by atoms with Gasteiger partial charge in [-0.1, -0.05) is 37.3 Å². The summed E-state index contributed by atoms with van der Waals surface area (Å²) in [6.07, 6.45) is -5.43. The maximum absolute atomic E-state index is 14.0. The molecule has 1 aromatic rings. The summed E-state index contributed by atoms with van der Waals surface area (Å²) in [5, 5.41) is 44.9. The topological polar surface area (TPSA) is 232 Å². The molecular weight excluding hydrogens is 873 g/mol. The maximum Gasteiger partial charge on any atom is 0.331 e. The molecule has 0 aromatic heterocycles. The number of esters is 1. The van der Waals surface area contributed by atoms with Crippen LogP contribution in [0.2, 0.25) is 0 Å². The zero-order valence-electron chi connectivity index (χ0n) is 39.8. The highest BCUT2D eigenvalue weighted by molar-refractivity contribution is 5.97. The molecule has 67 heavy (non-hydrogen) atoms. The van der Waals surface area contributed by atoms with Gasteiger partial charge in [-0.15, -0.1) is 0 Å². The van der Waals surface area contributed by atoms with Crippen LogP contribution in [0.4, 0.5) is 0 Å².